The Balaban J connectivity index is 2.65. The molecule has 0 spiro atoms. The van der Waals surface area contributed by atoms with E-state index in [1.54, 1.807) is 11.8 Å². The monoisotopic (exact) mass is 222 g/mol. The van der Waals surface area contributed by atoms with Crippen molar-refractivity contribution in [1.29, 1.82) is 0 Å². The second kappa shape index (κ2) is 5.96. The van der Waals surface area contributed by atoms with Crippen LogP contribution >= 0.6 is 11.8 Å². The Labute approximate surface area is 96.3 Å². The minimum atomic E-state index is 0.240. The fraction of sp³-hybridized carbons (Fsp3) is 0.462. The predicted octanol–water partition coefficient (Wildman–Crippen LogP) is 3.57. The topological polar surface area (TPSA) is 17.1 Å². The van der Waals surface area contributed by atoms with Crippen LogP contribution in [0, 0.1) is 0 Å². The molecule has 0 aliphatic heterocycles. The predicted molar refractivity (Wildman–Crippen MR) is 67.7 cm³/mol. The van der Waals surface area contributed by atoms with Gasteiger partial charge in [-0.3, -0.25) is 4.79 Å². The van der Waals surface area contributed by atoms with Crippen molar-refractivity contribution in [3.63, 3.8) is 0 Å². The first kappa shape index (κ1) is 12.3. The number of thioether (sulfide) groups is 1. The Morgan fingerprint density at radius 3 is 2.73 bits per heavy atom. The van der Waals surface area contributed by atoms with Crippen LogP contribution < -0.4 is 0 Å². The van der Waals surface area contributed by atoms with Gasteiger partial charge in [-0.1, -0.05) is 39.0 Å². The molecule has 0 fully saturated rings. The highest BCUT2D eigenvalue weighted by molar-refractivity contribution is 8.00. The summed E-state index contributed by atoms with van der Waals surface area (Å²) in [5, 5.41) is 0.517. The standard InChI is InChI=1S/C13H18OS/c1-4-11-6-5-7-12(8-11)13(14)9-15-10(2)3/h5-8,10H,4,9H2,1-3H3. The van der Waals surface area contributed by atoms with E-state index in [4.69, 9.17) is 0 Å². The van der Waals surface area contributed by atoms with E-state index in [-0.39, 0.29) is 5.78 Å². The van der Waals surface area contributed by atoms with Gasteiger partial charge in [-0.05, 0) is 23.3 Å². The summed E-state index contributed by atoms with van der Waals surface area (Å²) < 4.78 is 0. The van der Waals surface area contributed by atoms with Gasteiger partial charge in [0.1, 0.15) is 0 Å². The number of carbonyl (C=O) groups is 1. The van der Waals surface area contributed by atoms with E-state index in [2.05, 4.69) is 26.8 Å². The van der Waals surface area contributed by atoms with Crippen LogP contribution in [-0.2, 0) is 6.42 Å². The van der Waals surface area contributed by atoms with Gasteiger partial charge in [-0.15, -0.1) is 0 Å². The summed E-state index contributed by atoms with van der Waals surface area (Å²) >= 11 is 1.70. The zero-order valence-corrected chi connectivity index (χ0v) is 10.4. The van der Waals surface area contributed by atoms with E-state index in [0.717, 1.165) is 12.0 Å². The summed E-state index contributed by atoms with van der Waals surface area (Å²) in [5.41, 5.74) is 2.08. The van der Waals surface area contributed by atoms with Crippen molar-refractivity contribution in [2.24, 2.45) is 0 Å². The molecule has 82 valence electrons. The average molecular weight is 222 g/mol. The van der Waals surface area contributed by atoms with Crippen molar-refractivity contribution in [2.45, 2.75) is 32.4 Å². The molecule has 0 aliphatic carbocycles. The molecule has 0 aliphatic rings. The van der Waals surface area contributed by atoms with Crippen molar-refractivity contribution >= 4 is 17.5 Å². The maximum absolute atomic E-state index is 11.8. The Morgan fingerprint density at radius 1 is 1.40 bits per heavy atom. The van der Waals surface area contributed by atoms with E-state index in [1.807, 2.05) is 18.2 Å². The van der Waals surface area contributed by atoms with Crippen molar-refractivity contribution in [3.05, 3.63) is 35.4 Å². The fourth-order valence-corrected chi connectivity index (χ4v) is 1.94. The Bertz CT molecular complexity index is 331. The molecule has 0 atom stereocenters. The molecule has 0 N–H and O–H groups in total. The van der Waals surface area contributed by atoms with E-state index in [9.17, 15) is 4.79 Å². The molecule has 1 aromatic carbocycles. The maximum atomic E-state index is 11.8. The molecule has 1 rings (SSSR count). The first-order chi connectivity index (χ1) is 7.13. The molecule has 0 bridgehead atoms. The Kier molecular flexibility index (Phi) is 4.89. The van der Waals surface area contributed by atoms with Crippen LogP contribution in [0.15, 0.2) is 24.3 Å². The van der Waals surface area contributed by atoms with Crippen LogP contribution in [-0.4, -0.2) is 16.8 Å². The number of Topliss-reactive ketones (excluding diaryl/α,β-unsaturated/α-hetero) is 1. The first-order valence-corrected chi connectivity index (χ1v) is 6.42. The highest BCUT2D eigenvalue weighted by Crippen LogP contribution is 2.13. The van der Waals surface area contributed by atoms with Crippen molar-refractivity contribution < 1.29 is 4.79 Å². The molecule has 1 aromatic rings. The summed E-state index contributed by atoms with van der Waals surface area (Å²) in [6.45, 7) is 6.33. The van der Waals surface area contributed by atoms with Gasteiger partial charge in [0.25, 0.3) is 0 Å². The molecule has 15 heavy (non-hydrogen) atoms. The molecule has 0 amide bonds. The molecule has 0 saturated carbocycles. The molecule has 0 heterocycles. The summed E-state index contributed by atoms with van der Waals surface area (Å²) in [6, 6.07) is 7.93. The quantitative estimate of drug-likeness (QED) is 0.708. The smallest absolute Gasteiger partial charge is 0.172 e. The van der Waals surface area contributed by atoms with Gasteiger partial charge in [0.15, 0.2) is 5.78 Å². The summed E-state index contributed by atoms with van der Waals surface area (Å²) in [6.07, 6.45) is 0.985. The average Bonchev–Trinajstić information content (AvgIpc) is 2.26. The molecular formula is C13H18OS. The Hall–Kier alpha value is -0.760. The third-order valence-corrected chi connectivity index (χ3v) is 3.30. The van der Waals surface area contributed by atoms with Crippen LogP contribution in [0.4, 0.5) is 0 Å². The number of hydrogen-bond donors (Lipinski definition) is 0. The molecule has 1 nitrogen and oxygen atoms in total. The minimum absolute atomic E-state index is 0.240. The largest absolute Gasteiger partial charge is 0.293 e. The van der Waals surface area contributed by atoms with Gasteiger partial charge in [0.05, 0.1) is 5.75 Å². The second-order valence-electron chi connectivity index (χ2n) is 3.84. The lowest BCUT2D eigenvalue weighted by molar-refractivity contribution is 0.102. The van der Waals surface area contributed by atoms with Gasteiger partial charge in [0, 0.05) is 5.56 Å². The van der Waals surface area contributed by atoms with Crippen LogP contribution in [0.5, 0.6) is 0 Å². The van der Waals surface area contributed by atoms with Gasteiger partial charge in [0.2, 0.25) is 0 Å². The number of hydrogen-bond acceptors (Lipinski definition) is 2. The third kappa shape index (κ3) is 4.08. The van der Waals surface area contributed by atoms with Gasteiger partial charge >= 0.3 is 0 Å². The molecular weight excluding hydrogens is 204 g/mol. The normalized spacial score (nSPS) is 10.7. The summed E-state index contributed by atoms with van der Waals surface area (Å²) in [7, 11) is 0. The van der Waals surface area contributed by atoms with Crippen molar-refractivity contribution in [1.82, 2.24) is 0 Å². The summed E-state index contributed by atoms with van der Waals surface area (Å²) in [5.74, 6) is 0.828. The van der Waals surface area contributed by atoms with E-state index in [1.165, 1.54) is 5.56 Å². The summed E-state index contributed by atoms with van der Waals surface area (Å²) in [4.78, 5) is 11.8. The van der Waals surface area contributed by atoms with E-state index in [0.29, 0.717) is 11.0 Å². The number of ketones is 1. The Morgan fingerprint density at radius 2 is 2.13 bits per heavy atom. The van der Waals surface area contributed by atoms with Crippen LogP contribution in [0.3, 0.4) is 0 Å². The number of carbonyl (C=O) groups excluding carboxylic acids is 1. The zero-order chi connectivity index (χ0) is 11.3. The molecule has 0 saturated heterocycles. The highest BCUT2D eigenvalue weighted by atomic mass is 32.2. The lowest BCUT2D eigenvalue weighted by atomic mass is 10.1. The van der Waals surface area contributed by atoms with Crippen LogP contribution in [0.2, 0.25) is 0 Å². The minimum Gasteiger partial charge on any atom is -0.293 e. The SMILES string of the molecule is CCc1cccc(C(=O)CSC(C)C)c1. The van der Waals surface area contributed by atoms with Crippen LogP contribution in [0.1, 0.15) is 36.7 Å². The lowest BCUT2D eigenvalue weighted by Crippen LogP contribution is -2.05. The van der Waals surface area contributed by atoms with Gasteiger partial charge in [-0.25, -0.2) is 0 Å². The third-order valence-electron chi connectivity index (χ3n) is 2.20. The van der Waals surface area contributed by atoms with E-state index >= 15 is 0 Å². The number of rotatable bonds is 5. The van der Waals surface area contributed by atoms with Crippen molar-refractivity contribution in [3.8, 4) is 0 Å². The molecule has 2 heteroatoms. The van der Waals surface area contributed by atoms with Gasteiger partial charge in [-0.2, -0.15) is 11.8 Å². The first-order valence-electron chi connectivity index (χ1n) is 5.37. The number of aryl methyl sites for hydroxylation is 1. The van der Waals surface area contributed by atoms with Crippen LogP contribution in [0.25, 0.3) is 0 Å². The lowest BCUT2D eigenvalue weighted by Gasteiger charge is -2.05. The van der Waals surface area contributed by atoms with Gasteiger partial charge < -0.3 is 0 Å². The molecule has 0 radical (unpaired) electrons. The fourth-order valence-electron chi connectivity index (χ4n) is 1.29. The second-order valence-corrected chi connectivity index (χ2v) is 5.40. The number of benzene rings is 1. The van der Waals surface area contributed by atoms with E-state index < -0.39 is 0 Å². The molecule has 0 aromatic heterocycles. The zero-order valence-electron chi connectivity index (χ0n) is 9.62. The highest BCUT2D eigenvalue weighted by Gasteiger charge is 2.07. The van der Waals surface area contributed by atoms with Crippen molar-refractivity contribution in [2.75, 3.05) is 5.75 Å². The molecule has 0 unspecified atom stereocenters. The maximum Gasteiger partial charge on any atom is 0.172 e.